The average molecular weight is 426 g/mol. The molecule has 5 heteroatoms. The summed E-state index contributed by atoms with van der Waals surface area (Å²) in [6.45, 7) is 8.68. The van der Waals surface area contributed by atoms with E-state index in [1.165, 1.54) is 16.5 Å². The molecule has 0 aliphatic rings. The molecule has 32 heavy (non-hydrogen) atoms. The van der Waals surface area contributed by atoms with Crippen molar-refractivity contribution in [3.05, 3.63) is 69.9 Å². The number of aromatic nitrogens is 1. The van der Waals surface area contributed by atoms with Crippen LogP contribution in [-0.4, -0.2) is 10.9 Å². The minimum Gasteiger partial charge on any atom is -0.455 e. The molecule has 5 aromatic rings. The zero-order valence-electron chi connectivity index (χ0n) is 18.9. The predicted octanol–water partition coefficient (Wildman–Crippen LogP) is 5.83. The molecule has 0 radical (unpaired) electrons. The van der Waals surface area contributed by atoms with E-state index in [1.54, 1.807) is 0 Å². The summed E-state index contributed by atoms with van der Waals surface area (Å²) in [6, 6.07) is 12.2. The molecule has 0 aliphatic heterocycles. The number of amides is 1. The van der Waals surface area contributed by atoms with Crippen molar-refractivity contribution in [2.75, 3.05) is 5.73 Å². The average Bonchev–Trinajstić information content (AvgIpc) is 3.33. The molecule has 2 bridgehead atoms. The van der Waals surface area contributed by atoms with Gasteiger partial charge in [0.2, 0.25) is 0 Å². The van der Waals surface area contributed by atoms with Gasteiger partial charge >= 0.3 is 0 Å². The summed E-state index contributed by atoms with van der Waals surface area (Å²) in [5, 5.41) is 7.39. The Labute approximate surface area is 186 Å². The monoisotopic (exact) mass is 425 g/mol. The van der Waals surface area contributed by atoms with Crippen LogP contribution in [0.4, 0.5) is 5.82 Å². The molecule has 0 saturated heterocycles. The maximum atomic E-state index is 12.9. The number of carbonyl (C=O) groups excluding carboxylic acids is 1. The molecule has 0 aliphatic carbocycles. The Bertz CT molecular complexity index is 1470. The van der Waals surface area contributed by atoms with E-state index in [9.17, 15) is 4.79 Å². The van der Waals surface area contributed by atoms with Crippen LogP contribution in [0, 0.1) is 13.8 Å². The number of nitrogens with one attached hydrogen (secondary N) is 1. The van der Waals surface area contributed by atoms with Gasteiger partial charge in [-0.15, -0.1) is 0 Å². The molecule has 162 valence electrons. The van der Waals surface area contributed by atoms with Gasteiger partial charge in [-0.2, -0.15) is 0 Å². The quantitative estimate of drug-likeness (QED) is 0.347. The van der Waals surface area contributed by atoms with Crippen LogP contribution >= 0.6 is 0 Å². The first-order valence-electron chi connectivity index (χ1n) is 11.1. The Kier molecular flexibility index (Phi) is 4.77. The zero-order valence-corrected chi connectivity index (χ0v) is 18.9. The molecular weight excluding hydrogens is 398 g/mol. The summed E-state index contributed by atoms with van der Waals surface area (Å²) in [5.74, 6) is 0.378. The SMILES string of the molecule is CCc1cc2c(cc1CC)c1oc2c2ccc(C(=O)NCc3c(C)cc(N)nc3C)cc21. The smallest absolute Gasteiger partial charge is 0.251 e. The van der Waals surface area contributed by atoms with Crippen LogP contribution in [0.1, 0.15) is 52.2 Å². The van der Waals surface area contributed by atoms with E-state index in [-0.39, 0.29) is 5.91 Å². The van der Waals surface area contributed by atoms with Crippen LogP contribution in [0.5, 0.6) is 0 Å². The molecule has 5 nitrogen and oxygen atoms in total. The minimum absolute atomic E-state index is 0.118. The van der Waals surface area contributed by atoms with E-state index >= 15 is 0 Å². The Balaban J connectivity index is 1.50. The van der Waals surface area contributed by atoms with Gasteiger partial charge in [0.1, 0.15) is 17.0 Å². The van der Waals surface area contributed by atoms with Gasteiger partial charge in [-0.1, -0.05) is 13.8 Å². The van der Waals surface area contributed by atoms with Gasteiger partial charge in [0.05, 0.1) is 0 Å². The second-order valence-corrected chi connectivity index (χ2v) is 8.50. The second kappa shape index (κ2) is 7.52. The third kappa shape index (κ3) is 3.08. The summed E-state index contributed by atoms with van der Waals surface area (Å²) in [6.07, 6.45) is 2.00. The number of rotatable bonds is 5. The Morgan fingerprint density at radius 1 is 0.938 bits per heavy atom. The molecule has 2 aromatic carbocycles. The Hall–Kier alpha value is -3.60. The van der Waals surface area contributed by atoms with E-state index in [0.29, 0.717) is 17.9 Å². The first-order chi connectivity index (χ1) is 15.4. The molecule has 3 N–H and O–H groups in total. The molecule has 0 atom stereocenters. The lowest BCUT2D eigenvalue weighted by Crippen LogP contribution is -2.24. The number of benzene rings is 3. The topological polar surface area (TPSA) is 81.2 Å². The van der Waals surface area contributed by atoms with Crippen LogP contribution < -0.4 is 11.1 Å². The maximum absolute atomic E-state index is 12.9. The molecule has 0 saturated carbocycles. The van der Waals surface area contributed by atoms with E-state index in [2.05, 4.69) is 36.3 Å². The lowest BCUT2D eigenvalue weighted by atomic mass is 9.95. The van der Waals surface area contributed by atoms with Crippen molar-refractivity contribution in [2.24, 2.45) is 0 Å². The van der Waals surface area contributed by atoms with Crippen molar-refractivity contribution in [2.45, 2.75) is 47.1 Å². The minimum atomic E-state index is -0.118. The number of carbonyl (C=O) groups is 1. The number of anilines is 1. The largest absolute Gasteiger partial charge is 0.455 e. The van der Waals surface area contributed by atoms with Gasteiger partial charge in [-0.3, -0.25) is 4.79 Å². The summed E-state index contributed by atoms with van der Waals surface area (Å²) in [5.41, 5.74) is 13.8. The lowest BCUT2D eigenvalue weighted by molar-refractivity contribution is 0.0951. The number of nitrogens with zero attached hydrogens (tertiary/aromatic N) is 1. The van der Waals surface area contributed by atoms with Crippen molar-refractivity contribution >= 4 is 44.4 Å². The van der Waals surface area contributed by atoms with Gasteiger partial charge in [0.25, 0.3) is 5.91 Å². The molecule has 1 amide bonds. The van der Waals surface area contributed by atoms with E-state index in [1.807, 2.05) is 38.1 Å². The molecular formula is C27H27N3O2. The summed E-state index contributed by atoms with van der Waals surface area (Å²) >= 11 is 0. The molecule has 0 fully saturated rings. The van der Waals surface area contributed by atoms with Crippen LogP contribution in [-0.2, 0) is 19.4 Å². The van der Waals surface area contributed by atoms with Gasteiger partial charge in [-0.05, 0) is 85.3 Å². The fourth-order valence-corrected chi connectivity index (χ4v) is 4.83. The molecule has 0 spiro atoms. The fraction of sp³-hybridized carbons (Fsp3) is 0.259. The van der Waals surface area contributed by atoms with Crippen LogP contribution in [0.3, 0.4) is 0 Å². The third-order valence-electron chi connectivity index (χ3n) is 6.57. The normalized spacial score (nSPS) is 11.8. The van der Waals surface area contributed by atoms with E-state index in [0.717, 1.165) is 57.0 Å². The standard InChI is InChI=1S/C27H27N3O2/c1-5-16-10-21-22(11-17(16)6-2)26-20-12-18(7-8-19(20)25(21)32-26)27(31)29-13-23-14(3)9-24(28)30-15(23)4/h7-12H,5-6,13H2,1-4H3,(H2,28,30)(H,29,31). The first kappa shape index (κ1) is 20.3. The van der Waals surface area contributed by atoms with Gasteiger partial charge in [-0.25, -0.2) is 4.98 Å². The highest BCUT2D eigenvalue weighted by Crippen LogP contribution is 2.42. The maximum Gasteiger partial charge on any atom is 0.251 e. The highest BCUT2D eigenvalue weighted by Gasteiger charge is 2.20. The predicted molar refractivity (Wildman–Crippen MR) is 130 cm³/mol. The summed E-state index contributed by atoms with van der Waals surface area (Å²) in [4.78, 5) is 17.2. The van der Waals surface area contributed by atoms with Gasteiger partial charge in [0, 0.05) is 39.3 Å². The molecule has 3 heterocycles. The number of furan rings is 2. The number of pyridine rings is 1. The van der Waals surface area contributed by atoms with Gasteiger partial charge in [0.15, 0.2) is 0 Å². The van der Waals surface area contributed by atoms with Crippen molar-refractivity contribution in [3.8, 4) is 0 Å². The third-order valence-corrected chi connectivity index (χ3v) is 6.57. The van der Waals surface area contributed by atoms with E-state index < -0.39 is 0 Å². The number of fused-ring (bicyclic) bond motifs is 8. The van der Waals surface area contributed by atoms with Crippen LogP contribution in [0.15, 0.2) is 40.8 Å². The number of nitrogens with two attached hydrogens (primary N) is 1. The highest BCUT2D eigenvalue weighted by atomic mass is 16.3. The van der Waals surface area contributed by atoms with Crippen LogP contribution in [0.2, 0.25) is 0 Å². The van der Waals surface area contributed by atoms with Gasteiger partial charge < -0.3 is 15.5 Å². The number of hydrogen-bond acceptors (Lipinski definition) is 4. The first-order valence-corrected chi connectivity index (χ1v) is 11.1. The summed E-state index contributed by atoms with van der Waals surface area (Å²) in [7, 11) is 0. The molecule has 3 aromatic heterocycles. The lowest BCUT2D eigenvalue weighted by Gasteiger charge is -2.12. The number of hydrogen-bond donors (Lipinski definition) is 2. The van der Waals surface area contributed by atoms with E-state index in [4.69, 9.17) is 10.2 Å². The van der Waals surface area contributed by atoms with Crippen molar-refractivity contribution < 1.29 is 9.21 Å². The molecule has 0 unspecified atom stereocenters. The number of nitrogen functional groups attached to an aromatic ring is 1. The van der Waals surface area contributed by atoms with Crippen molar-refractivity contribution in [1.82, 2.24) is 10.3 Å². The zero-order chi connectivity index (χ0) is 22.6. The fourth-order valence-electron chi connectivity index (χ4n) is 4.83. The summed E-state index contributed by atoms with van der Waals surface area (Å²) < 4.78 is 6.20. The number of aryl methyl sites for hydroxylation is 4. The molecule has 5 rings (SSSR count). The Morgan fingerprint density at radius 3 is 2.19 bits per heavy atom. The van der Waals surface area contributed by atoms with Crippen LogP contribution in [0.25, 0.3) is 32.7 Å². The highest BCUT2D eigenvalue weighted by molar-refractivity contribution is 6.26. The van der Waals surface area contributed by atoms with Crippen molar-refractivity contribution in [3.63, 3.8) is 0 Å². The Morgan fingerprint density at radius 2 is 1.56 bits per heavy atom. The van der Waals surface area contributed by atoms with Crippen molar-refractivity contribution in [1.29, 1.82) is 0 Å². The second-order valence-electron chi connectivity index (χ2n) is 8.50.